The second-order valence-electron chi connectivity index (χ2n) is 6.12. The molecule has 0 spiro atoms. The van der Waals surface area contributed by atoms with Gasteiger partial charge in [-0.05, 0) is 31.2 Å². The van der Waals surface area contributed by atoms with Gasteiger partial charge in [0.2, 0.25) is 15.9 Å². The average molecular weight is 409 g/mol. The Labute approximate surface area is 161 Å². The molecule has 0 aliphatic carbocycles. The van der Waals surface area contributed by atoms with E-state index in [2.05, 4.69) is 10.4 Å². The number of amides is 1. The van der Waals surface area contributed by atoms with E-state index in [9.17, 15) is 23.3 Å². The zero-order chi connectivity index (χ0) is 20.3. The van der Waals surface area contributed by atoms with Gasteiger partial charge in [0.1, 0.15) is 18.4 Å². The quantitative estimate of drug-likeness (QED) is 0.549. The lowest BCUT2D eigenvalue weighted by atomic mass is 10.3. The molecular formula is C16H19N5O6S. The lowest BCUT2D eigenvalue weighted by molar-refractivity contribution is -0.385. The number of carbonyl (C=O) groups excluding carboxylic acids is 1. The number of hydrogen-bond donors (Lipinski definition) is 1. The minimum atomic E-state index is -3.60. The summed E-state index contributed by atoms with van der Waals surface area (Å²) in [4.78, 5) is 22.6. The Kier molecular flexibility index (Phi) is 5.72. The molecule has 0 bridgehead atoms. The molecule has 1 saturated heterocycles. The molecule has 0 atom stereocenters. The maximum Gasteiger partial charge on any atom is 0.309 e. The third-order valence-electron chi connectivity index (χ3n) is 4.31. The van der Waals surface area contributed by atoms with Crippen LogP contribution in [0.4, 0.5) is 11.4 Å². The molecule has 0 unspecified atom stereocenters. The first-order chi connectivity index (χ1) is 13.3. The fourth-order valence-corrected chi connectivity index (χ4v) is 4.17. The predicted molar refractivity (Wildman–Crippen MR) is 98.3 cm³/mol. The molecule has 11 nitrogen and oxygen atoms in total. The van der Waals surface area contributed by atoms with E-state index in [0.717, 1.165) is 6.20 Å². The molecule has 0 radical (unpaired) electrons. The number of morpholine rings is 1. The standard InChI is InChI=1S/C16H19N5O6S/c1-12-15(21(23)24)10-17-20(12)11-16(22)18-13-2-4-14(5-3-13)28(25,26)19-6-8-27-9-7-19/h2-5,10H,6-9,11H2,1H3,(H,18,22). The molecule has 28 heavy (non-hydrogen) atoms. The minimum Gasteiger partial charge on any atom is -0.379 e. The summed E-state index contributed by atoms with van der Waals surface area (Å²) in [6.45, 7) is 2.63. The molecule has 1 aliphatic rings. The number of sulfonamides is 1. The fraction of sp³-hybridized carbons (Fsp3) is 0.375. The molecule has 1 N–H and O–H groups in total. The number of rotatable bonds is 6. The van der Waals surface area contributed by atoms with Gasteiger partial charge in [0.05, 0.1) is 23.0 Å². The lowest BCUT2D eigenvalue weighted by Crippen LogP contribution is -2.40. The first-order valence-corrected chi connectivity index (χ1v) is 9.87. The Morgan fingerprint density at radius 3 is 2.50 bits per heavy atom. The van der Waals surface area contributed by atoms with Gasteiger partial charge in [-0.25, -0.2) is 8.42 Å². The van der Waals surface area contributed by atoms with Gasteiger partial charge in [0.15, 0.2) is 0 Å². The van der Waals surface area contributed by atoms with Crippen LogP contribution in [0, 0.1) is 17.0 Å². The molecule has 2 aromatic rings. The summed E-state index contributed by atoms with van der Waals surface area (Å²) < 4.78 is 32.9. The third-order valence-corrected chi connectivity index (χ3v) is 6.23. The van der Waals surface area contributed by atoms with Gasteiger partial charge in [-0.2, -0.15) is 9.40 Å². The highest BCUT2D eigenvalue weighted by molar-refractivity contribution is 7.89. The molecule has 1 aromatic carbocycles. The summed E-state index contributed by atoms with van der Waals surface area (Å²) in [7, 11) is -3.60. The van der Waals surface area contributed by atoms with E-state index < -0.39 is 20.9 Å². The first kappa shape index (κ1) is 19.9. The van der Waals surface area contributed by atoms with Crippen molar-refractivity contribution in [3.05, 3.63) is 46.3 Å². The van der Waals surface area contributed by atoms with Gasteiger partial charge in [-0.15, -0.1) is 0 Å². The second kappa shape index (κ2) is 8.04. The largest absolute Gasteiger partial charge is 0.379 e. The highest BCUT2D eigenvalue weighted by Crippen LogP contribution is 2.20. The van der Waals surface area contributed by atoms with Gasteiger partial charge in [-0.3, -0.25) is 19.6 Å². The van der Waals surface area contributed by atoms with E-state index in [4.69, 9.17) is 4.74 Å². The SMILES string of the molecule is Cc1c([N+](=O)[O-])cnn1CC(=O)Nc1ccc(S(=O)(=O)N2CCOCC2)cc1. The van der Waals surface area contributed by atoms with Crippen LogP contribution >= 0.6 is 0 Å². The molecular weight excluding hydrogens is 390 g/mol. The second-order valence-corrected chi connectivity index (χ2v) is 8.06. The lowest BCUT2D eigenvalue weighted by Gasteiger charge is -2.26. The number of hydrogen-bond acceptors (Lipinski definition) is 7. The molecule has 1 aliphatic heterocycles. The van der Waals surface area contributed by atoms with Crippen molar-refractivity contribution < 1.29 is 22.9 Å². The van der Waals surface area contributed by atoms with Crippen LogP contribution < -0.4 is 5.32 Å². The van der Waals surface area contributed by atoms with Gasteiger partial charge in [-0.1, -0.05) is 0 Å². The monoisotopic (exact) mass is 409 g/mol. The Morgan fingerprint density at radius 2 is 1.93 bits per heavy atom. The van der Waals surface area contributed by atoms with Gasteiger partial charge < -0.3 is 10.1 Å². The maximum absolute atomic E-state index is 12.6. The summed E-state index contributed by atoms with van der Waals surface area (Å²) in [6, 6.07) is 5.82. The zero-order valence-corrected chi connectivity index (χ0v) is 15.9. The minimum absolute atomic E-state index is 0.131. The van der Waals surface area contributed by atoms with Gasteiger partial charge in [0.25, 0.3) is 0 Å². The van der Waals surface area contributed by atoms with Crippen LogP contribution in [0.25, 0.3) is 0 Å². The van der Waals surface area contributed by atoms with E-state index in [-0.39, 0.29) is 22.8 Å². The van der Waals surface area contributed by atoms with Crippen LogP contribution in [0.1, 0.15) is 5.69 Å². The number of anilines is 1. The number of nitrogens with zero attached hydrogens (tertiary/aromatic N) is 4. The van der Waals surface area contributed by atoms with Crippen molar-refractivity contribution in [2.45, 2.75) is 18.4 Å². The Hall–Kier alpha value is -2.83. The summed E-state index contributed by atoms with van der Waals surface area (Å²) in [5.74, 6) is -0.440. The summed E-state index contributed by atoms with van der Waals surface area (Å²) in [6.07, 6.45) is 1.09. The number of nitro groups is 1. The van der Waals surface area contributed by atoms with Crippen molar-refractivity contribution in [1.29, 1.82) is 0 Å². The van der Waals surface area contributed by atoms with Crippen molar-refractivity contribution in [3.8, 4) is 0 Å². The average Bonchev–Trinajstić information content (AvgIpc) is 3.03. The molecule has 1 amide bonds. The normalized spacial score (nSPS) is 15.3. The van der Waals surface area contributed by atoms with E-state index in [0.29, 0.717) is 32.0 Å². The zero-order valence-electron chi connectivity index (χ0n) is 15.1. The Morgan fingerprint density at radius 1 is 1.29 bits per heavy atom. The van der Waals surface area contributed by atoms with Crippen LogP contribution in [-0.4, -0.2) is 59.6 Å². The van der Waals surface area contributed by atoms with Crippen LogP contribution in [0.15, 0.2) is 35.4 Å². The third kappa shape index (κ3) is 4.18. The Bertz CT molecular complexity index is 979. The summed E-state index contributed by atoms with van der Waals surface area (Å²) >= 11 is 0. The number of aromatic nitrogens is 2. The van der Waals surface area contributed by atoms with Crippen molar-refractivity contribution in [3.63, 3.8) is 0 Å². The summed E-state index contributed by atoms with van der Waals surface area (Å²) in [5.41, 5.74) is 0.516. The maximum atomic E-state index is 12.6. The van der Waals surface area contributed by atoms with E-state index in [1.165, 1.54) is 40.2 Å². The number of ether oxygens (including phenoxy) is 1. The molecule has 3 rings (SSSR count). The fourth-order valence-electron chi connectivity index (χ4n) is 2.76. The molecule has 0 saturated carbocycles. The van der Waals surface area contributed by atoms with Crippen molar-refractivity contribution >= 4 is 27.3 Å². The van der Waals surface area contributed by atoms with E-state index >= 15 is 0 Å². The van der Waals surface area contributed by atoms with Crippen LogP contribution in [0.5, 0.6) is 0 Å². The molecule has 2 heterocycles. The number of nitrogens with one attached hydrogen (secondary N) is 1. The van der Waals surface area contributed by atoms with E-state index in [1.807, 2.05) is 0 Å². The van der Waals surface area contributed by atoms with Crippen LogP contribution in [0.3, 0.4) is 0 Å². The molecule has 1 fully saturated rings. The smallest absolute Gasteiger partial charge is 0.309 e. The topological polar surface area (TPSA) is 137 Å². The highest BCUT2D eigenvalue weighted by Gasteiger charge is 2.26. The predicted octanol–water partition coefficient (Wildman–Crippen LogP) is 0.759. The van der Waals surface area contributed by atoms with Crippen LogP contribution in [0.2, 0.25) is 0 Å². The highest BCUT2D eigenvalue weighted by atomic mass is 32.2. The Balaban J connectivity index is 1.65. The number of carbonyl (C=O) groups is 1. The first-order valence-electron chi connectivity index (χ1n) is 8.43. The van der Waals surface area contributed by atoms with E-state index in [1.54, 1.807) is 0 Å². The van der Waals surface area contributed by atoms with Gasteiger partial charge in [0, 0.05) is 18.8 Å². The molecule has 150 valence electrons. The molecule has 12 heteroatoms. The number of benzene rings is 1. The van der Waals surface area contributed by atoms with Gasteiger partial charge >= 0.3 is 5.69 Å². The summed E-state index contributed by atoms with van der Waals surface area (Å²) in [5, 5.41) is 17.3. The van der Waals surface area contributed by atoms with Crippen molar-refractivity contribution in [1.82, 2.24) is 14.1 Å². The van der Waals surface area contributed by atoms with Crippen molar-refractivity contribution in [2.75, 3.05) is 31.6 Å². The van der Waals surface area contributed by atoms with Crippen molar-refractivity contribution in [2.24, 2.45) is 0 Å². The van der Waals surface area contributed by atoms with Crippen LogP contribution in [-0.2, 0) is 26.1 Å². The molecule has 1 aromatic heterocycles.